The Labute approximate surface area is 481 Å². The first kappa shape index (κ1) is 75.2. The van der Waals surface area contributed by atoms with Gasteiger partial charge in [0.1, 0.15) is 66.5 Å². The van der Waals surface area contributed by atoms with Crippen LogP contribution < -0.4 is 81.4 Å². The van der Waals surface area contributed by atoms with Crippen LogP contribution in [0.25, 0.3) is 0 Å². The van der Waals surface area contributed by atoms with E-state index >= 15 is 0 Å². The van der Waals surface area contributed by atoms with Crippen molar-refractivity contribution in [1.29, 1.82) is 0 Å². The molecule has 0 spiro atoms. The first-order valence-corrected chi connectivity index (χ1v) is 27.2. The Morgan fingerprint density at radius 2 is 0.795 bits per heavy atom. The second-order valence-electron chi connectivity index (χ2n) is 20.7. The fourth-order valence-corrected chi connectivity index (χ4v) is 7.40. The Bertz CT molecular complexity index is 2270. The van der Waals surface area contributed by atoms with Crippen LogP contribution in [-0.2, 0) is 62.3 Å². The number of carbonyl (C=O) groups excluding carboxylic acids is 11. The van der Waals surface area contributed by atoms with Gasteiger partial charge in [0, 0.05) is 6.54 Å². The number of unbranched alkanes of at least 4 members (excludes halogenated alkanes) is 1. The van der Waals surface area contributed by atoms with Gasteiger partial charge in [0.25, 0.3) is 0 Å². The number of carboxylic acid groups (broad SMARTS) is 2. The molecule has 33 nitrogen and oxygen atoms in total. The van der Waals surface area contributed by atoms with Crippen LogP contribution >= 0.6 is 0 Å². The van der Waals surface area contributed by atoms with E-state index in [1.807, 2.05) is 0 Å². The highest BCUT2D eigenvalue weighted by Gasteiger charge is 2.37. The first-order valence-electron chi connectivity index (χ1n) is 27.2. The lowest BCUT2D eigenvalue weighted by Gasteiger charge is -2.30. The van der Waals surface area contributed by atoms with Crippen LogP contribution in [0.1, 0.15) is 114 Å². The van der Waals surface area contributed by atoms with Crippen molar-refractivity contribution in [3.8, 4) is 0 Å². The number of aliphatic imine (C=N–C) groups is 1. The van der Waals surface area contributed by atoms with Crippen LogP contribution in [0.4, 0.5) is 0 Å². The van der Waals surface area contributed by atoms with Crippen molar-refractivity contribution < 1.29 is 82.8 Å². The number of carbonyl (C=O) groups is 13. The number of rotatable bonds is 39. The lowest BCUT2D eigenvalue weighted by atomic mass is 9.96. The van der Waals surface area contributed by atoms with Crippen LogP contribution in [0.2, 0.25) is 0 Å². The van der Waals surface area contributed by atoms with Crippen LogP contribution in [0.3, 0.4) is 0 Å². The molecule has 11 amide bonds. The van der Waals surface area contributed by atoms with Gasteiger partial charge in [0.2, 0.25) is 65.0 Å². The number of amides is 11. The highest BCUT2D eigenvalue weighted by molar-refractivity contribution is 5.99. The first-order chi connectivity index (χ1) is 38.7. The summed E-state index contributed by atoms with van der Waals surface area (Å²) in [6.07, 6.45) is 0.0377. The van der Waals surface area contributed by atoms with Gasteiger partial charge in [-0.15, -0.1) is 0 Å². The molecule has 0 heterocycles. The van der Waals surface area contributed by atoms with Crippen molar-refractivity contribution in [2.75, 3.05) is 26.3 Å². The minimum Gasteiger partial charge on any atom is -0.481 e. The van der Waals surface area contributed by atoms with Crippen molar-refractivity contribution in [3.63, 3.8) is 0 Å². The zero-order chi connectivity index (χ0) is 64.0. The van der Waals surface area contributed by atoms with Gasteiger partial charge in [0.15, 0.2) is 5.96 Å². The van der Waals surface area contributed by atoms with Gasteiger partial charge in [-0.05, 0) is 84.1 Å². The van der Waals surface area contributed by atoms with E-state index in [0.717, 1.165) is 6.92 Å². The molecule has 0 saturated heterocycles. The maximum Gasteiger partial charge on any atom is 0.326 e. The zero-order valence-corrected chi connectivity index (χ0v) is 48.8. The Morgan fingerprint density at radius 3 is 1.24 bits per heavy atom. The lowest BCUT2D eigenvalue weighted by molar-refractivity contribution is -0.144. The number of aliphatic carboxylic acids is 2. The fraction of sp³-hybridized carbons (Fsp3) is 0.720. The van der Waals surface area contributed by atoms with Crippen molar-refractivity contribution in [2.24, 2.45) is 45.7 Å². The van der Waals surface area contributed by atoms with E-state index in [1.165, 1.54) is 34.6 Å². The molecule has 0 saturated carbocycles. The molecule has 0 fully saturated rings. The quantitative estimate of drug-likeness (QED) is 0.0154. The molecular weight excluding hydrogens is 1100 g/mol. The number of nitrogens with one attached hydrogen (secondary N) is 11. The van der Waals surface area contributed by atoms with Crippen LogP contribution in [0, 0.1) is 17.8 Å². The van der Waals surface area contributed by atoms with Crippen molar-refractivity contribution in [3.05, 3.63) is 0 Å². The summed E-state index contributed by atoms with van der Waals surface area (Å²) >= 11 is 0. The largest absolute Gasteiger partial charge is 0.481 e. The maximum absolute atomic E-state index is 14.0. The number of guanidine groups is 1. The number of aliphatic hydroxyl groups excluding tert-OH is 2. The average molecular weight is 1190 g/mol. The third kappa shape index (κ3) is 27.7. The highest BCUT2D eigenvalue weighted by atomic mass is 16.4. The molecule has 0 rings (SSSR count). The number of aliphatic hydroxyl groups is 2. The van der Waals surface area contributed by atoms with Gasteiger partial charge in [-0.2, -0.15) is 0 Å². The molecule has 0 aliphatic heterocycles. The summed E-state index contributed by atoms with van der Waals surface area (Å²) in [5.41, 5.74) is 21.8. The van der Waals surface area contributed by atoms with Gasteiger partial charge < -0.3 is 102 Å². The number of hydrogen-bond donors (Lipinski definition) is 19. The maximum atomic E-state index is 14.0. The van der Waals surface area contributed by atoms with Crippen LogP contribution in [-0.4, -0.2) is 202 Å². The predicted molar refractivity (Wildman–Crippen MR) is 298 cm³/mol. The molecule has 0 aliphatic rings. The fourth-order valence-electron chi connectivity index (χ4n) is 7.40. The molecule has 0 aliphatic carbocycles. The summed E-state index contributed by atoms with van der Waals surface area (Å²) in [4.78, 5) is 174. The van der Waals surface area contributed by atoms with E-state index in [1.54, 1.807) is 27.7 Å². The standard InChI is InChI=1S/C50H90N16O17/c1-11-24(6)37(66-45(78)33(21-68)62-40(73)26(8)56-38(71)25(7)52)48(81)59-29(15-12-13-17-51)42(75)65-35(22(2)3)46(79)58-28(10)41(74)64-36(23(4)5)47(80)63-32(20-67)44(77)57-27(9)39(72)61-31(19-34(69)70)43(76)60-30(49(82)83)16-14-18-55-50(53)54/h22-33,35-37,67-68H,11-21,51-52H2,1-10H3,(H,56,71)(H,57,77)(H,58,79)(H,59,81)(H,60,76)(H,61,72)(H,62,73)(H,63,80)(H,64,74)(H,65,75)(H,66,78)(H,69,70)(H,82,83)(H4,53,54,55)/t24-,25-,26-,27-,28-,29-,30-,31-,32-,33-,35-,36-,37-/m0/s1. The summed E-state index contributed by atoms with van der Waals surface area (Å²) in [7, 11) is 0. The molecule has 23 N–H and O–H groups in total. The molecule has 13 atom stereocenters. The molecule has 0 bridgehead atoms. The number of nitrogens with two attached hydrogens (primary N) is 4. The molecular formula is C50H90N16O17. The van der Waals surface area contributed by atoms with Gasteiger partial charge >= 0.3 is 11.9 Å². The van der Waals surface area contributed by atoms with Gasteiger partial charge in [0.05, 0.1) is 25.7 Å². The third-order valence-corrected chi connectivity index (χ3v) is 12.7. The Balaban J connectivity index is 6.12. The van der Waals surface area contributed by atoms with E-state index < -0.39 is 187 Å². The molecule has 0 aromatic rings. The molecule has 0 aromatic carbocycles. The second-order valence-corrected chi connectivity index (χ2v) is 20.7. The third-order valence-electron chi connectivity index (χ3n) is 12.7. The number of nitrogens with zero attached hydrogens (tertiary/aromatic N) is 1. The Kier molecular flexibility index (Phi) is 34.5. The second kappa shape index (κ2) is 38.1. The molecule has 33 heteroatoms. The summed E-state index contributed by atoms with van der Waals surface area (Å²) in [5, 5.41) is 65.3. The number of carboxylic acids is 2. The lowest BCUT2D eigenvalue weighted by Crippen LogP contribution is -2.62. The SMILES string of the molecule is CC[C@H](C)[C@H](NC(=O)[C@H](CO)NC(=O)[C@H](C)NC(=O)[C@H](C)N)C(=O)N[C@@H](CCCCN)C(=O)N[C@H](C(=O)N[C@@H](C)C(=O)N[C@H](C(=O)N[C@@H](CO)C(=O)N[C@@H](C)C(=O)N[C@@H](CC(=O)O)C(=O)N[C@@H](CCCN=C(N)N)C(=O)O)C(C)C)C(C)C. The van der Waals surface area contributed by atoms with Gasteiger partial charge in [-0.25, -0.2) is 4.79 Å². The monoisotopic (exact) mass is 1190 g/mol. The van der Waals surface area contributed by atoms with E-state index in [-0.39, 0.29) is 38.3 Å². The number of hydrogen-bond acceptors (Lipinski definition) is 18. The predicted octanol–water partition coefficient (Wildman–Crippen LogP) is -7.19. The molecule has 472 valence electrons. The zero-order valence-electron chi connectivity index (χ0n) is 48.8. The van der Waals surface area contributed by atoms with Crippen LogP contribution in [0.5, 0.6) is 0 Å². The summed E-state index contributed by atoms with van der Waals surface area (Å²) in [6.45, 7) is 13.0. The van der Waals surface area contributed by atoms with Crippen molar-refractivity contribution >= 4 is 82.9 Å². The van der Waals surface area contributed by atoms with E-state index in [0.29, 0.717) is 19.3 Å². The summed E-state index contributed by atoms with van der Waals surface area (Å²) in [5.74, 6) is -15.5. The van der Waals surface area contributed by atoms with E-state index in [9.17, 15) is 82.8 Å². The molecule has 0 radical (unpaired) electrons. The minimum absolute atomic E-state index is 0.0168. The topological polar surface area (TPSA) is 552 Å². The van der Waals surface area contributed by atoms with E-state index in [2.05, 4.69) is 63.5 Å². The highest BCUT2D eigenvalue weighted by Crippen LogP contribution is 2.13. The smallest absolute Gasteiger partial charge is 0.326 e. The van der Waals surface area contributed by atoms with Crippen molar-refractivity contribution in [1.82, 2.24) is 58.5 Å². The van der Waals surface area contributed by atoms with Crippen molar-refractivity contribution in [2.45, 2.75) is 187 Å². The molecule has 83 heavy (non-hydrogen) atoms. The average Bonchev–Trinajstić information content (AvgIpc) is 3.61. The van der Waals surface area contributed by atoms with Gasteiger partial charge in [-0.1, -0.05) is 48.0 Å². The van der Waals surface area contributed by atoms with Gasteiger partial charge in [-0.3, -0.25) is 62.5 Å². The Hall–Kier alpha value is -7.78. The van der Waals surface area contributed by atoms with Crippen LogP contribution in [0.15, 0.2) is 4.99 Å². The normalized spacial score (nSPS) is 15.8. The molecule has 0 unspecified atom stereocenters. The van der Waals surface area contributed by atoms with E-state index in [4.69, 9.17) is 22.9 Å². The summed E-state index contributed by atoms with van der Waals surface area (Å²) in [6, 6.07) is -17.1. The molecule has 0 aromatic heterocycles. The minimum atomic E-state index is -1.83. The summed E-state index contributed by atoms with van der Waals surface area (Å²) < 4.78 is 0. The Morgan fingerprint density at radius 1 is 0.434 bits per heavy atom.